The van der Waals surface area contributed by atoms with Crippen LogP contribution in [0, 0.1) is 5.92 Å². The molecule has 0 radical (unpaired) electrons. The van der Waals surface area contributed by atoms with E-state index in [0.29, 0.717) is 24.9 Å². The van der Waals surface area contributed by atoms with Gasteiger partial charge in [-0.15, -0.1) is 0 Å². The molecule has 0 unspecified atom stereocenters. The van der Waals surface area contributed by atoms with Crippen LogP contribution in [-0.4, -0.2) is 54.9 Å². The van der Waals surface area contributed by atoms with Crippen LogP contribution in [0.25, 0.3) is 0 Å². The van der Waals surface area contributed by atoms with Gasteiger partial charge in [0.2, 0.25) is 5.89 Å². The Morgan fingerprint density at radius 2 is 2.17 bits per heavy atom. The first-order valence-electron chi connectivity index (χ1n) is 8.22. The van der Waals surface area contributed by atoms with Crippen LogP contribution in [-0.2, 0) is 16.7 Å². The van der Waals surface area contributed by atoms with E-state index in [-0.39, 0.29) is 5.41 Å². The second kappa shape index (κ2) is 7.77. The predicted molar refractivity (Wildman–Crippen MR) is 89.4 cm³/mol. The van der Waals surface area contributed by atoms with Crippen molar-refractivity contribution >= 4 is 5.96 Å². The average molecular weight is 323 g/mol. The predicted octanol–water partition coefficient (Wildman–Crippen LogP) is 1.80. The molecule has 0 bridgehead atoms. The molecule has 130 valence electrons. The highest BCUT2D eigenvalue weighted by atomic mass is 16.5. The fourth-order valence-electron chi connectivity index (χ4n) is 2.02. The van der Waals surface area contributed by atoms with Gasteiger partial charge in [0.1, 0.15) is 0 Å². The molecular formula is C16H29N5O2. The molecule has 1 aromatic heterocycles. The van der Waals surface area contributed by atoms with Crippen LogP contribution in [0.1, 0.15) is 45.3 Å². The summed E-state index contributed by atoms with van der Waals surface area (Å²) in [7, 11) is 3.76. The second-order valence-electron chi connectivity index (χ2n) is 7.11. The lowest BCUT2D eigenvalue weighted by Crippen LogP contribution is -2.40. The molecule has 1 aliphatic rings. The Balaban J connectivity index is 1.73. The Hall–Kier alpha value is -1.63. The van der Waals surface area contributed by atoms with Crippen LogP contribution in [0.4, 0.5) is 0 Å². The lowest BCUT2D eigenvalue weighted by atomic mass is 9.97. The third kappa shape index (κ3) is 5.82. The third-order valence-electron chi connectivity index (χ3n) is 3.71. The number of hydrogen-bond acceptors (Lipinski definition) is 5. The minimum atomic E-state index is -0.136. The summed E-state index contributed by atoms with van der Waals surface area (Å²) < 4.78 is 11.0. The van der Waals surface area contributed by atoms with Gasteiger partial charge in [-0.05, 0) is 18.8 Å². The van der Waals surface area contributed by atoms with Gasteiger partial charge < -0.3 is 19.5 Å². The number of aliphatic imine (C=N–C) groups is 1. The van der Waals surface area contributed by atoms with E-state index in [0.717, 1.165) is 25.0 Å². The number of nitrogens with zero attached hydrogens (tertiary/aromatic N) is 4. The molecule has 0 aliphatic heterocycles. The van der Waals surface area contributed by atoms with Crippen molar-refractivity contribution in [2.75, 3.05) is 33.9 Å². The standard InChI is InChI=1S/C16H29N5O2/c1-16(2,3)14-19-13(20-23-14)10-18-15(17-4)21(5)8-9-22-11-12-6-7-12/h12H,6-11H2,1-5H3,(H,17,18). The summed E-state index contributed by atoms with van der Waals surface area (Å²) >= 11 is 0. The lowest BCUT2D eigenvalue weighted by molar-refractivity contribution is 0.115. The summed E-state index contributed by atoms with van der Waals surface area (Å²) in [5.41, 5.74) is -0.136. The first kappa shape index (κ1) is 17.7. The van der Waals surface area contributed by atoms with Crippen molar-refractivity contribution in [3.63, 3.8) is 0 Å². The van der Waals surface area contributed by atoms with Gasteiger partial charge >= 0.3 is 0 Å². The van der Waals surface area contributed by atoms with Gasteiger partial charge in [-0.2, -0.15) is 4.98 Å². The zero-order valence-corrected chi connectivity index (χ0v) is 14.9. The first-order chi connectivity index (χ1) is 10.9. The van der Waals surface area contributed by atoms with E-state index in [9.17, 15) is 0 Å². The summed E-state index contributed by atoms with van der Waals surface area (Å²) in [6, 6.07) is 0. The second-order valence-corrected chi connectivity index (χ2v) is 7.11. The Bertz CT molecular complexity index is 517. The summed E-state index contributed by atoms with van der Waals surface area (Å²) in [6.45, 7) is 9.03. The number of rotatable bonds is 7. The smallest absolute Gasteiger partial charge is 0.232 e. The molecule has 2 rings (SSSR count). The molecular weight excluding hydrogens is 294 g/mol. The number of aromatic nitrogens is 2. The maximum atomic E-state index is 5.66. The number of nitrogens with one attached hydrogen (secondary N) is 1. The first-order valence-corrected chi connectivity index (χ1v) is 8.22. The van der Waals surface area contributed by atoms with Gasteiger partial charge in [0.25, 0.3) is 0 Å². The maximum absolute atomic E-state index is 5.66. The van der Waals surface area contributed by atoms with Crippen molar-refractivity contribution < 1.29 is 9.26 Å². The summed E-state index contributed by atoms with van der Waals surface area (Å²) in [6.07, 6.45) is 2.64. The van der Waals surface area contributed by atoms with E-state index in [1.54, 1.807) is 7.05 Å². The molecule has 1 heterocycles. The molecule has 1 saturated carbocycles. The molecule has 0 aromatic carbocycles. The zero-order valence-electron chi connectivity index (χ0n) is 14.9. The van der Waals surface area contributed by atoms with Crippen LogP contribution in [0.2, 0.25) is 0 Å². The van der Waals surface area contributed by atoms with Crippen molar-refractivity contribution in [1.29, 1.82) is 0 Å². The highest BCUT2D eigenvalue weighted by Gasteiger charge is 2.22. The fourth-order valence-corrected chi connectivity index (χ4v) is 2.02. The van der Waals surface area contributed by atoms with E-state index in [4.69, 9.17) is 9.26 Å². The molecule has 7 nitrogen and oxygen atoms in total. The summed E-state index contributed by atoms with van der Waals surface area (Å²) in [5, 5.41) is 7.25. The Morgan fingerprint density at radius 1 is 1.43 bits per heavy atom. The van der Waals surface area contributed by atoms with E-state index in [1.165, 1.54) is 12.8 Å². The lowest BCUT2D eigenvalue weighted by Gasteiger charge is -2.21. The Labute approximate surface area is 138 Å². The molecule has 0 amide bonds. The van der Waals surface area contributed by atoms with Crippen molar-refractivity contribution in [2.24, 2.45) is 10.9 Å². The SMILES string of the molecule is CN=C(NCc1noc(C(C)(C)C)n1)N(C)CCOCC1CC1. The van der Waals surface area contributed by atoms with Crippen molar-refractivity contribution in [3.05, 3.63) is 11.7 Å². The topological polar surface area (TPSA) is 75.8 Å². The van der Waals surface area contributed by atoms with Gasteiger partial charge in [-0.25, -0.2) is 0 Å². The van der Waals surface area contributed by atoms with Crippen molar-refractivity contribution in [2.45, 2.75) is 45.6 Å². The van der Waals surface area contributed by atoms with E-state index in [1.807, 2.05) is 32.7 Å². The number of likely N-dealkylation sites (N-methyl/N-ethyl adjacent to an activating group) is 1. The molecule has 1 aliphatic carbocycles. The molecule has 1 N–H and O–H groups in total. The van der Waals surface area contributed by atoms with Gasteiger partial charge in [0.05, 0.1) is 13.2 Å². The van der Waals surface area contributed by atoms with Gasteiger partial charge in [-0.3, -0.25) is 4.99 Å². The normalized spacial score (nSPS) is 15.8. The minimum Gasteiger partial charge on any atom is -0.379 e. The van der Waals surface area contributed by atoms with E-state index in [2.05, 4.69) is 20.4 Å². The highest BCUT2D eigenvalue weighted by molar-refractivity contribution is 5.79. The quantitative estimate of drug-likeness (QED) is 0.468. The zero-order chi connectivity index (χ0) is 16.9. The largest absolute Gasteiger partial charge is 0.379 e. The van der Waals surface area contributed by atoms with Gasteiger partial charge in [0, 0.05) is 32.7 Å². The summed E-state index contributed by atoms with van der Waals surface area (Å²) in [5.74, 6) is 2.87. The molecule has 0 saturated heterocycles. The van der Waals surface area contributed by atoms with Crippen molar-refractivity contribution in [1.82, 2.24) is 20.4 Å². The molecule has 7 heteroatoms. The monoisotopic (exact) mass is 323 g/mol. The van der Waals surface area contributed by atoms with Crippen LogP contribution in [0.5, 0.6) is 0 Å². The molecule has 1 aromatic rings. The molecule has 1 fully saturated rings. The fraction of sp³-hybridized carbons (Fsp3) is 0.812. The van der Waals surface area contributed by atoms with Gasteiger partial charge in [-0.1, -0.05) is 25.9 Å². The Morgan fingerprint density at radius 3 is 2.74 bits per heavy atom. The molecule has 23 heavy (non-hydrogen) atoms. The average Bonchev–Trinajstić information content (AvgIpc) is 3.18. The van der Waals surface area contributed by atoms with Crippen LogP contribution in [0.15, 0.2) is 9.52 Å². The maximum Gasteiger partial charge on any atom is 0.232 e. The number of guanidine groups is 1. The van der Waals surface area contributed by atoms with Gasteiger partial charge in [0.15, 0.2) is 11.8 Å². The highest BCUT2D eigenvalue weighted by Crippen LogP contribution is 2.28. The Kier molecular flexibility index (Phi) is 5.98. The van der Waals surface area contributed by atoms with Crippen LogP contribution in [0.3, 0.4) is 0 Å². The van der Waals surface area contributed by atoms with Crippen molar-refractivity contribution in [3.8, 4) is 0 Å². The summed E-state index contributed by atoms with van der Waals surface area (Å²) in [4.78, 5) is 10.7. The number of ether oxygens (including phenoxy) is 1. The van der Waals surface area contributed by atoms with Crippen LogP contribution >= 0.6 is 0 Å². The third-order valence-corrected chi connectivity index (χ3v) is 3.71. The molecule has 0 atom stereocenters. The van der Waals surface area contributed by atoms with E-state index < -0.39 is 0 Å². The molecule has 0 spiro atoms. The van der Waals surface area contributed by atoms with Crippen LogP contribution < -0.4 is 5.32 Å². The van der Waals surface area contributed by atoms with E-state index >= 15 is 0 Å². The number of hydrogen-bond donors (Lipinski definition) is 1. The minimum absolute atomic E-state index is 0.136.